The van der Waals surface area contributed by atoms with Crippen LogP contribution in [0.2, 0.25) is 0 Å². The second kappa shape index (κ2) is 3.89. The number of halogens is 1. The maximum Gasteiger partial charge on any atom is 0.202 e. The zero-order valence-electron chi connectivity index (χ0n) is 7.02. The highest BCUT2D eigenvalue weighted by Gasteiger charge is 2.08. The number of hydrogen-bond donors (Lipinski definition) is 1. The van der Waals surface area contributed by atoms with Gasteiger partial charge in [0.2, 0.25) is 5.78 Å². The van der Waals surface area contributed by atoms with E-state index in [0.29, 0.717) is 5.69 Å². The molecule has 1 rings (SSSR count). The minimum absolute atomic E-state index is 0.0370. The molecule has 0 amide bonds. The summed E-state index contributed by atoms with van der Waals surface area (Å²) < 4.78 is 1.72. The highest BCUT2D eigenvalue weighted by molar-refractivity contribution is 14.1. The number of aromatic nitrogens is 1. The Bertz CT molecular complexity index is 325. The lowest BCUT2D eigenvalue weighted by molar-refractivity contribution is 0.104. The number of nitrogens with one attached hydrogen (secondary N) is 1. The first-order chi connectivity index (χ1) is 5.66. The van der Waals surface area contributed by atoms with E-state index in [1.54, 1.807) is 10.2 Å². The Hall–Kier alpha value is -0.580. The van der Waals surface area contributed by atoms with Crippen molar-refractivity contribution in [2.24, 2.45) is 0 Å². The van der Waals surface area contributed by atoms with Crippen LogP contribution < -0.4 is 0 Å². The van der Waals surface area contributed by atoms with Gasteiger partial charge in [-0.2, -0.15) is 0 Å². The highest BCUT2D eigenvalue weighted by atomic mass is 127. The normalized spacial score (nSPS) is 10.9. The van der Waals surface area contributed by atoms with Gasteiger partial charge in [-0.1, -0.05) is 22.6 Å². The summed E-state index contributed by atoms with van der Waals surface area (Å²) in [6.45, 7) is 3.93. The standard InChI is InChI=1S/C9H10INO/c1-6-5-11-9(7(6)2)8(12)3-4-10/h3-5,11H,1-2H3. The van der Waals surface area contributed by atoms with Crippen molar-refractivity contribution in [1.82, 2.24) is 4.98 Å². The molecule has 0 bridgehead atoms. The largest absolute Gasteiger partial charge is 0.358 e. The molecule has 0 spiro atoms. The van der Waals surface area contributed by atoms with E-state index < -0.39 is 0 Å². The maximum atomic E-state index is 11.4. The summed E-state index contributed by atoms with van der Waals surface area (Å²) in [5, 5.41) is 0. The van der Waals surface area contributed by atoms with Gasteiger partial charge in [0, 0.05) is 6.20 Å². The smallest absolute Gasteiger partial charge is 0.202 e. The molecule has 0 aliphatic rings. The summed E-state index contributed by atoms with van der Waals surface area (Å²) in [6, 6.07) is 0. The summed E-state index contributed by atoms with van der Waals surface area (Å²) in [5.41, 5.74) is 2.86. The number of hydrogen-bond acceptors (Lipinski definition) is 1. The molecule has 0 saturated carbocycles. The Kier molecular flexibility index (Phi) is 3.08. The fourth-order valence-corrected chi connectivity index (χ4v) is 1.32. The first-order valence-electron chi connectivity index (χ1n) is 3.62. The number of ketones is 1. The van der Waals surface area contributed by atoms with Crippen molar-refractivity contribution >= 4 is 28.4 Å². The fourth-order valence-electron chi connectivity index (χ4n) is 0.991. The van der Waals surface area contributed by atoms with Gasteiger partial charge in [-0.05, 0) is 35.1 Å². The zero-order chi connectivity index (χ0) is 9.14. The van der Waals surface area contributed by atoms with Gasteiger partial charge in [-0.25, -0.2) is 0 Å². The molecule has 0 radical (unpaired) electrons. The van der Waals surface area contributed by atoms with Gasteiger partial charge in [0.25, 0.3) is 0 Å². The third kappa shape index (κ3) is 1.77. The Morgan fingerprint density at radius 1 is 1.58 bits per heavy atom. The van der Waals surface area contributed by atoms with E-state index in [-0.39, 0.29) is 5.78 Å². The molecule has 3 heteroatoms. The molecule has 64 valence electrons. The van der Waals surface area contributed by atoms with Crippen LogP contribution >= 0.6 is 22.6 Å². The minimum Gasteiger partial charge on any atom is -0.358 e. The summed E-state index contributed by atoms with van der Waals surface area (Å²) in [4.78, 5) is 14.3. The van der Waals surface area contributed by atoms with Crippen LogP contribution in [0.5, 0.6) is 0 Å². The lowest BCUT2D eigenvalue weighted by Gasteiger charge is -1.93. The van der Waals surface area contributed by atoms with Crippen LogP contribution in [0, 0.1) is 13.8 Å². The average molecular weight is 275 g/mol. The lowest BCUT2D eigenvalue weighted by Crippen LogP contribution is -1.96. The molecule has 2 nitrogen and oxygen atoms in total. The molecule has 0 fully saturated rings. The molecular weight excluding hydrogens is 265 g/mol. The first-order valence-corrected chi connectivity index (χ1v) is 4.87. The summed E-state index contributed by atoms with van der Waals surface area (Å²) in [5.74, 6) is 0.0370. The molecule has 0 unspecified atom stereocenters. The summed E-state index contributed by atoms with van der Waals surface area (Å²) in [6.07, 6.45) is 3.41. The molecule has 0 aliphatic heterocycles. The van der Waals surface area contributed by atoms with Crippen molar-refractivity contribution < 1.29 is 4.79 Å². The molecule has 1 aromatic heterocycles. The van der Waals surface area contributed by atoms with E-state index in [4.69, 9.17) is 0 Å². The van der Waals surface area contributed by atoms with Crippen molar-refractivity contribution in [2.45, 2.75) is 13.8 Å². The zero-order valence-corrected chi connectivity index (χ0v) is 9.18. The number of H-pyrrole nitrogens is 1. The van der Waals surface area contributed by atoms with Crippen LogP contribution in [0.3, 0.4) is 0 Å². The van der Waals surface area contributed by atoms with Gasteiger partial charge < -0.3 is 4.98 Å². The molecule has 0 atom stereocenters. The molecular formula is C9H10INO. The second-order valence-corrected chi connectivity index (χ2v) is 3.35. The summed E-state index contributed by atoms with van der Waals surface area (Å²) in [7, 11) is 0. The number of aromatic amines is 1. The fraction of sp³-hybridized carbons (Fsp3) is 0.222. The quantitative estimate of drug-likeness (QED) is 0.502. The first kappa shape index (κ1) is 9.51. The molecule has 12 heavy (non-hydrogen) atoms. The Balaban J connectivity index is 3.03. The third-order valence-electron chi connectivity index (χ3n) is 1.86. The number of carbonyl (C=O) groups excluding carboxylic acids is 1. The molecule has 0 aromatic carbocycles. The second-order valence-electron chi connectivity index (χ2n) is 2.63. The van der Waals surface area contributed by atoms with Crippen molar-refractivity contribution in [1.29, 1.82) is 0 Å². The van der Waals surface area contributed by atoms with E-state index in [9.17, 15) is 4.79 Å². The van der Waals surface area contributed by atoms with E-state index >= 15 is 0 Å². The van der Waals surface area contributed by atoms with Crippen molar-refractivity contribution in [2.75, 3.05) is 0 Å². The molecule has 1 aromatic rings. The van der Waals surface area contributed by atoms with E-state index in [1.807, 2.05) is 42.6 Å². The number of rotatable bonds is 2. The van der Waals surface area contributed by atoms with Gasteiger partial charge in [-0.3, -0.25) is 4.79 Å². The molecule has 1 N–H and O–H groups in total. The monoisotopic (exact) mass is 275 g/mol. The van der Waals surface area contributed by atoms with Crippen LogP contribution in [0.15, 0.2) is 16.4 Å². The number of aryl methyl sites for hydroxylation is 1. The predicted octanol–water partition coefficient (Wildman–Crippen LogP) is 2.76. The van der Waals surface area contributed by atoms with Gasteiger partial charge in [0.05, 0.1) is 5.69 Å². The van der Waals surface area contributed by atoms with Gasteiger partial charge >= 0.3 is 0 Å². The van der Waals surface area contributed by atoms with Gasteiger partial charge in [-0.15, -0.1) is 0 Å². The molecule has 1 heterocycles. The Morgan fingerprint density at radius 3 is 2.67 bits per heavy atom. The number of carbonyl (C=O) groups is 1. The van der Waals surface area contributed by atoms with Crippen molar-refractivity contribution in [3.05, 3.63) is 33.2 Å². The van der Waals surface area contributed by atoms with Crippen molar-refractivity contribution in [3.8, 4) is 0 Å². The maximum absolute atomic E-state index is 11.4. The van der Waals surface area contributed by atoms with E-state index in [0.717, 1.165) is 11.1 Å². The van der Waals surface area contributed by atoms with Crippen molar-refractivity contribution in [3.63, 3.8) is 0 Å². The molecule has 0 saturated heterocycles. The Morgan fingerprint density at radius 2 is 2.25 bits per heavy atom. The van der Waals surface area contributed by atoms with Gasteiger partial charge in [0.1, 0.15) is 0 Å². The van der Waals surface area contributed by atoms with Gasteiger partial charge in [0.15, 0.2) is 0 Å². The summed E-state index contributed by atoms with van der Waals surface area (Å²) >= 11 is 2.03. The van der Waals surface area contributed by atoms with Crippen LogP contribution in [-0.2, 0) is 0 Å². The van der Waals surface area contributed by atoms with E-state index in [2.05, 4.69) is 4.98 Å². The predicted molar refractivity (Wildman–Crippen MR) is 57.8 cm³/mol. The SMILES string of the molecule is Cc1c[nH]c(C(=O)C=CI)c1C. The van der Waals surface area contributed by atoms with Crippen LogP contribution in [-0.4, -0.2) is 10.8 Å². The topological polar surface area (TPSA) is 32.9 Å². The van der Waals surface area contributed by atoms with Crippen LogP contribution in [0.25, 0.3) is 0 Å². The third-order valence-corrected chi connectivity index (χ3v) is 2.22. The number of allylic oxidation sites excluding steroid dienone is 1. The average Bonchev–Trinajstić information content (AvgIpc) is 2.34. The highest BCUT2D eigenvalue weighted by Crippen LogP contribution is 2.12. The molecule has 0 aliphatic carbocycles. The Labute approximate surface area is 85.2 Å². The minimum atomic E-state index is 0.0370. The lowest BCUT2D eigenvalue weighted by atomic mass is 10.1. The van der Waals surface area contributed by atoms with Crippen LogP contribution in [0.4, 0.5) is 0 Å². The van der Waals surface area contributed by atoms with E-state index in [1.165, 1.54) is 0 Å². The van der Waals surface area contributed by atoms with Crippen LogP contribution in [0.1, 0.15) is 21.6 Å².